The van der Waals surface area contributed by atoms with Gasteiger partial charge >= 0.3 is 0 Å². The Balaban J connectivity index is 1.84. The molecule has 1 saturated heterocycles. The van der Waals surface area contributed by atoms with E-state index in [9.17, 15) is 0 Å². The fraction of sp³-hybridized carbons (Fsp3) is 0.714. The van der Waals surface area contributed by atoms with Gasteiger partial charge in [-0.25, -0.2) is 9.97 Å². The molecule has 0 atom stereocenters. The van der Waals surface area contributed by atoms with E-state index in [2.05, 4.69) is 38.9 Å². The van der Waals surface area contributed by atoms with Gasteiger partial charge < -0.3 is 15.1 Å². The molecule has 1 aromatic rings. The Labute approximate surface area is 116 Å². The molecule has 0 radical (unpaired) electrons. The molecule has 1 fully saturated rings. The van der Waals surface area contributed by atoms with Gasteiger partial charge in [0.2, 0.25) is 5.95 Å². The van der Waals surface area contributed by atoms with E-state index in [1.165, 1.54) is 0 Å². The minimum Gasteiger partial charge on any atom is -0.338 e. The smallest absolute Gasteiger partial charge is 0.225 e. The second kappa shape index (κ2) is 7.40. The van der Waals surface area contributed by atoms with Crippen LogP contribution in [0.25, 0.3) is 0 Å². The Morgan fingerprint density at radius 3 is 2.37 bits per heavy atom. The number of hydrogen-bond donors (Lipinski definition) is 1. The van der Waals surface area contributed by atoms with Gasteiger partial charge in [0.15, 0.2) is 0 Å². The van der Waals surface area contributed by atoms with Crippen LogP contribution < -0.4 is 10.2 Å². The maximum absolute atomic E-state index is 4.49. The Kier molecular flexibility index (Phi) is 5.54. The van der Waals surface area contributed by atoms with Gasteiger partial charge in [0, 0.05) is 50.7 Å². The molecule has 0 spiro atoms. The molecule has 1 aromatic heterocycles. The summed E-state index contributed by atoms with van der Waals surface area (Å²) in [7, 11) is 0. The molecule has 0 amide bonds. The lowest BCUT2D eigenvalue weighted by atomic mass is 10.3. The van der Waals surface area contributed by atoms with Gasteiger partial charge in [-0.15, -0.1) is 0 Å². The highest BCUT2D eigenvalue weighted by Gasteiger charge is 2.17. The van der Waals surface area contributed by atoms with Crippen molar-refractivity contribution in [3.8, 4) is 0 Å². The van der Waals surface area contributed by atoms with E-state index in [-0.39, 0.29) is 0 Å². The number of aromatic nitrogens is 2. The average Bonchev–Trinajstić information content (AvgIpc) is 2.48. The fourth-order valence-corrected chi connectivity index (χ4v) is 2.28. The third kappa shape index (κ3) is 4.14. The summed E-state index contributed by atoms with van der Waals surface area (Å²) in [6.45, 7) is 11.7. The summed E-state index contributed by atoms with van der Waals surface area (Å²) in [4.78, 5) is 13.7. The molecule has 5 nitrogen and oxygen atoms in total. The van der Waals surface area contributed by atoms with E-state index < -0.39 is 0 Å². The van der Waals surface area contributed by atoms with Crippen LogP contribution in [-0.2, 0) is 6.54 Å². The zero-order valence-corrected chi connectivity index (χ0v) is 12.1. The lowest BCUT2D eigenvalue weighted by Gasteiger charge is -2.33. The maximum atomic E-state index is 4.49. The van der Waals surface area contributed by atoms with E-state index >= 15 is 0 Å². The van der Waals surface area contributed by atoms with Gasteiger partial charge in [0.1, 0.15) is 0 Å². The normalized spacial score (nSPS) is 16.8. The molecule has 19 heavy (non-hydrogen) atoms. The fourth-order valence-electron chi connectivity index (χ4n) is 2.28. The van der Waals surface area contributed by atoms with Gasteiger partial charge in [-0.1, -0.05) is 13.8 Å². The summed E-state index contributed by atoms with van der Waals surface area (Å²) >= 11 is 0. The predicted molar refractivity (Wildman–Crippen MR) is 78.4 cm³/mol. The summed E-state index contributed by atoms with van der Waals surface area (Å²) in [5, 5.41) is 3.36. The Morgan fingerprint density at radius 1 is 1.11 bits per heavy atom. The number of nitrogens with one attached hydrogen (secondary N) is 1. The molecule has 2 rings (SSSR count). The van der Waals surface area contributed by atoms with Crippen molar-refractivity contribution < 1.29 is 0 Å². The van der Waals surface area contributed by atoms with Crippen LogP contribution in [0.2, 0.25) is 0 Å². The number of likely N-dealkylation sites (N-methyl/N-ethyl adjacent to an activating group) is 1. The van der Waals surface area contributed by atoms with Crippen LogP contribution in [0.1, 0.15) is 25.8 Å². The Hall–Kier alpha value is -1.20. The summed E-state index contributed by atoms with van der Waals surface area (Å²) in [5.41, 5.74) is 1.16. The highest BCUT2D eigenvalue weighted by molar-refractivity contribution is 5.30. The third-order valence-electron chi connectivity index (χ3n) is 3.55. The second-order valence-corrected chi connectivity index (χ2v) is 4.99. The quantitative estimate of drug-likeness (QED) is 0.779. The topological polar surface area (TPSA) is 44.3 Å². The summed E-state index contributed by atoms with van der Waals surface area (Å²) < 4.78 is 0. The predicted octanol–water partition coefficient (Wildman–Crippen LogP) is 1.12. The van der Waals surface area contributed by atoms with E-state index in [1.807, 2.05) is 12.4 Å². The molecule has 0 bridgehead atoms. The number of anilines is 1. The van der Waals surface area contributed by atoms with Crippen molar-refractivity contribution in [3.63, 3.8) is 0 Å². The van der Waals surface area contributed by atoms with Gasteiger partial charge in [-0.05, 0) is 19.5 Å². The lowest BCUT2D eigenvalue weighted by molar-refractivity contribution is 0.270. The van der Waals surface area contributed by atoms with Crippen LogP contribution in [0.3, 0.4) is 0 Å². The van der Waals surface area contributed by atoms with E-state index in [1.54, 1.807) is 0 Å². The molecule has 0 unspecified atom stereocenters. The number of rotatable bonds is 6. The first kappa shape index (κ1) is 14.2. The minimum absolute atomic E-state index is 0.859. The Bertz CT molecular complexity index is 357. The summed E-state index contributed by atoms with van der Waals surface area (Å²) in [6.07, 6.45) is 5.04. The van der Waals surface area contributed by atoms with E-state index in [0.29, 0.717) is 0 Å². The van der Waals surface area contributed by atoms with Gasteiger partial charge in [-0.2, -0.15) is 0 Å². The highest BCUT2D eigenvalue weighted by atomic mass is 15.3. The number of nitrogens with zero attached hydrogens (tertiary/aromatic N) is 4. The molecule has 106 valence electrons. The molecule has 0 aromatic carbocycles. The summed E-state index contributed by atoms with van der Waals surface area (Å²) in [6, 6.07) is 0. The summed E-state index contributed by atoms with van der Waals surface area (Å²) in [5.74, 6) is 0.870. The molecular weight excluding hydrogens is 238 g/mol. The number of hydrogen-bond acceptors (Lipinski definition) is 5. The van der Waals surface area contributed by atoms with Crippen molar-refractivity contribution in [2.45, 2.75) is 26.8 Å². The van der Waals surface area contributed by atoms with Crippen molar-refractivity contribution in [3.05, 3.63) is 18.0 Å². The monoisotopic (exact) mass is 263 g/mol. The van der Waals surface area contributed by atoms with Crippen molar-refractivity contribution >= 4 is 5.95 Å². The van der Waals surface area contributed by atoms with Crippen molar-refractivity contribution in [1.82, 2.24) is 20.2 Å². The van der Waals surface area contributed by atoms with Gasteiger partial charge in [0.25, 0.3) is 0 Å². The van der Waals surface area contributed by atoms with Crippen LogP contribution in [0.5, 0.6) is 0 Å². The SMILES string of the molecule is CCCNCc1cnc(N2CCN(CC)CC2)nc1. The molecule has 2 heterocycles. The molecule has 1 N–H and O–H groups in total. The molecule has 0 saturated carbocycles. The molecule has 5 heteroatoms. The van der Waals surface area contributed by atoms with E-state index in [4.69, 9.17) is 0 Å². The largest absolute Gasteiger partial charge is 0.338 e. The van der Waals surface area contributed by atoms with Crippen molar-refractivity contribution in [1.29, 1.82) is 0 Å². The van der Waals surface area contributed by atoms with Crippen LogP contribution in [-0.4, -0.2) is 54.1 Å². The second-order valence-electron chi connectivity index (χ2n) is 4.99. The van der Waals surface area contributed by atoms with Crippen LogP contribution in [0.4, 0.5) is 5.95 Å². The lowest BCUT2D eigenvalue weighted by Crippen LogP contribution is -2.46. The third-order valence-corrected chi connectivity index (χ3v) is 3.55. The first-order valence-electron chi connectivity index (χ1n) is 7.32. The zero-order valence-electron chi connectivity index (χ0n) is 12.1. The Morgan fingerprint density at radius 2 is 1.79 bits per heavy atom. The standard InChI is InChI=1S/C14H25N5/c1-3-5-15-10-13-11-16-14(17-12-13)19-8-6-18(4-2)7-9-19/h11-12,15H,3-10H2,1-2H3. The van der Waals surface area contributed by atoms with Crippen LogP contribution in [0, 0.1) is 0 Å². The first-order valence-corrected chi connectivity index (χ1v) is 7.32. The van der Waals surface area contributed by atoms with E-state index in [0.717, 1.165) is 63.7 Å². The molecule has 0 aliphatic carbocycles. The van der Waals surface area contributed by atoms with Gasteiger partial charge in [-0.3, -0.25) is 0 Å². The zero-order chi connectivity index (χ0) is 13.5. The highest BCUT2D eigenvalue weighted by Crippen LogP contribution is 2.10. The molecular formula is C14H25N5. The molecule has 1 aliphatic rings. The number of piperazine rings is 1. The van der Waals surface area contributed by atoms with Crippen molar-refractivity contribution in [2.75, 3.05) is 44.2 Å². The first-order chi connectivity index (χ1) is 9.33. The van der Waals surface area contributed by atoms with Crippen molar-refractivity contribution in [2.24, 2.45) is 0 Å². The van der Waals surface area contributed by atoms with Crippen LogP contribution in [0.15, 0.2) is 12.4 Å². The van der Waals surface area contributed by atoms with Crippen LogP contribution >= 0.6 is 0 Å². The average molecular weight is 263 g/mol. The minimum atomic E-state index is 0.859. The van der Waals surface area contributed by atoms with Gasteiger partial charge in [0.05, 0.1) is 0 Å². The molecule has 1 aliphatic heterocycles. The maximum Gasteiger partial charge on any atom is 0.225 e.